The first-order valence-electron chi connectivity index (χ1n) is 16.8. The van der Waals surface area contributed by atoms with Gasteiger partial charge in [0.05, 0.1) is 19.3 Å². The Morgan fingerprint density at radius 1 is 0.809 bits per heavy atom. The smallest absolute Gasteiger partial charge is 0.192 e. The maximum atomic E-state index is 7.22. The Bertz CT molecular complexity index is 1300. The number of methoxy groups -OCH3 is 1. The molecule has 0 amide bonds. The topological polar surface area (TPSA) is 92.3 Å². The molecule has 4 aliphatic rings. The molecule has 6 rings (SSSR count). The van der Waals surface area contributed by atoms with Crippen molar-refractivity contribution in [3.8, 4) is 0 Å². The summed E-state index contributed by atoms with van der Waals surface area (Å²) < 4.78 is 65.4. The van der Waals surface area contributed by atoms with Crippen molar-refractivity contribution in [2.24, 2.45) is 0 Å². The Morgan fingerprint density at radius 2 is 1.47 bits per heavy atom. The average molecular weight is 673 g/mol. The molecule has 47 heavy (non-hydrogen) atoms. The van der Waals surface area contributed by atoms with Gasteiger partial charge in [-0.05, 0) is 44.5 Å². The van der Waals surface area contributed by atoms with Crippen LogP contribution in [0.2, 0.25) is 18.1 Å². The predicted octanol–water partition coefficient (Wildman–Crippen LogP) is 6.10. The molecular weight excluding hydrogens is 620 g/mol. The van der Waals surface area contributed by atoms with E-state index in [1.807, 2.05) is 69.3 Å². The monoisotopic (exact) mass is 672 g/mol. The highest BCUT2D eigenvalue weighted by atomic mass is 28.4. The van der Waals surface area contributed by atoms with Gasteiger partial charge in [-0.3, -0.25) is 0 Å². The number of fused-ring (bicyclic) bond motifs is 2. The summed E-state index contributed by atoms with van der Waals surface area (Å²) in [6, 6.07) is 20.1. The molecule has 4 aliphatic heterocycles. The molecule has 0 aliphatic carbocycles. The molecule has 11 atom stereocenters. The quantitative estimate of drug-likeness (QED) is 0.291. The summed E-state index contributed by atoms with van der Waals surface area (Å²) in [5.41, 5.74) is 1.98. The van der Waals surface area contributed by atoms with Gasteiger partial charge in [0.25, 0.3) is 0 Å². The average Bonchev–Trinajstić information content (AvgIpc) is 3.37. The molecule has 0 aromatic heterocycles. The Morgan fingerprint density at radius 3 is 2.13 bits per heavy atom. The maximum absolute atomic E-state index is 7.22. The zero-order chi connectivity index (χ0) is 33.6. The molecule has 0 N–H and O–H groups in total. The molecule has 0 radical (unpaired) electrons. The predicted molar refractivity (Wildman–Crippen MR) is 176 cm³/mol. The van der Waals surface area contributed by atoms with E-state index in [0.717, 1.165) is 11.1 Å². The first-order chi connectivity index (χ1) is 22.3. The van der Waals surface area contributed by atoms with Crippen LogP contribution in [0, 0.1) is 0 Å². The van der Waals surface area contributed by atoms with Gasteiger partial charge < -0.3 is 47.1 Å². The first kappa shape index (κ1) is 35.1. The Balaban J connectivity index is 1.35. The van der Waals surface area contributed by atoms with Crippen molar-refractivity contribution < 1.29 is 47.1 Å². The van der Waals surface area contributed by atoms with Crippen molar-refractivity contribution >= 4 is 8.32 Å². The van der Waals surface area contributed by atoms with Crippen molar-refractivity contribution in [3.63, 3.8) is 0 Å². The van der Waals surface area contributed by atoms with Crippen LogP contribution >= 0.6 is 0 Å². The molecule has 2 aromatic rings. The lowest BCUT2D eigenvalue weighted by atomic mass is 9.96. The van der Waals surface area contributed by atoms with Gasteiger partial charge >= 0.3 is 0 Å². The first-order valence-corrected chi connectivity index (χ1v) is 19.7. The van der Waals surface area contributed by atoms with Gasteiger partial charge in [-0.25, -0.2) is 0 Å². The summed E-state index contributed by atoms with van der Waals surface area (Å²) in [5.74, 6) is -0.838. The number of hydrogen-bond acceptors (Lipinski definition) is 10. The van der Waals surface area contributed by atoms with Gasteiger partial charge in [-0.2, -0.15) is 0 Å². The lowest BCUT2D eigenvalue weighted by Gasteiger charge is -2.53. The molecule has 4 heterocycles. The SMILES string of the molecule is CO[C@@H]1O[C@@H](C)[C@H](O[C@H]2O[C@@H]3CO[C@@H](c4ccccc4)O[C@H]3[C@H](OCc3ccccc3)[C@@H]2O[Si](C)(C)C(C)(C)C)[C@H]2OC(C)(C)O[C@@H]12. The van der Waals surface area contributed by atoms with Crippen LogP contribution in [0.3, 0.4) is 0 Å². The molecular formula is C36H52O10Si. The zero-order valence-electron chi connectivity index (χ0n) is 29.1. The number of benzene rings is 2. The molecule has 0 bridgehead atoms. The third kappa shape index (κ3) is 7.56. The minimum absolute atomic E-state index is 0.0913. The van der Waals surface area contributed by atoms with Crippen LogP contribution in [0.25, 0.3) is 0 Å². The summed E-state index contributed by atoms with van der Waals surface area (Å²) in [4.78, 5) is 0. The van der Waals surface area contributed by atoms with Crippen LogP contribution in [0.4, 0.5) is 0 Å². The van der Waals surface area contributed by atoms with Crippen molar-refractivity contribution in [2.45, 2.75) is 140 Å². The van der Waals surface area contributed by atoms with E-state index in [0.29, 0.717) is 13.2 Å². The summed E-state index contributed by atoms with van der Waals surface area (Å²) >= 11 is 0. The minimum atomic E-state index is -2.40. The van der Waals surface area contributed by atoms with Gasteiger partial charge in [-0.15, -0.1) is 0 Å². The number of ether oxygens (including phenoxy) is 9. The van der Waals surface area contributed by atoms with Gasteiger partial charge in [0.2, 0.25) is 0 Å². The van der Waals surface area contributed by atoms with Crippen molar-refractivity contribution in [1.29, 1.82) is 0 Å². The second-order valence-electron chi connectivity index (χ2n) is 14.9. The van der Waals surface area contributed by atoms with E-state index >= 15 is 0 Å². The largest absolute Gasteiger partial charge is 0.406 e. The molecule has 4 fully saturated rings. The third-order valence-electron chi connectivity index (χ3n) is 9.97. The van der Waals surface area contributed by atoms with Gasteiger partial charge in [0.1, 0.15) is 42.7 Å². The fourth-order valence-corrected chi connectivity index (χ4v) is 7.76. The lowest BCUT2D eigenvalue weighted by Crippen LogP contribution is -2.67. The van der Waals surface area contributed by atoms with Crippen LogP contribution in [-0.4, -0.2) is 89.2 Å². The van der Waals surface area contributed by atoms with Crippen molar-refractivity contribution in [1.82, 2.24) is 0 Å². The van der Waals surface area contributed by atoms with E-state index in [-0.39, 0.29) is 5.04 Å². The Labute approximate surface area is 280 Å². The Hall–Kier alpha value is -1.74. The second-order valence-corrected chi connectivity index (χ2v) is 19.7. The zero-order valence-corrected chi connectivity index (χ0v) is 30.1. The van der Waals surface area contributed by atoms with Gasteiger partial charge in [0.15, 0.2) is 33.0 Å². The molecule has 10 nitrogen and oxygen atoms in total. The summed E-state index contributed by atoms with van der Waals surface area (Å²) in [6.07, 6.45) is -6.00. The molecule has 0 spiro atoms. The fourth-order valence-electron chi connectivity index (χ4n) is 6.48. The fraction of sp³-hybridized carbons (Fsp3) is 0.667. The van der Waals surface area contributed by atoms with Crippen LogP contribution in [-0.2, 0) is 53.7 Å². The number of rotatable bonds is 9. The highest BCUT2D eigenvalue weighted by Crippen LogP contribution is 2.45. The minimum Gasteiger partial charge on any atom is -0.406 e. The van der Waals surface area contributed by atoms with E-state index in [4.69, 9.17) is 47.1 Å². The highest BCUT2D eigenvalue weighted by molar-refractivity contribution is 6.74. The second kappa shape index (κ2) is 13.9. The van der Waals surface area contributed by atoms with Crippen LogP contribution < -0.4 is 0 Å². The van der Waals surface area contributed by atoms with E-state index < -0.39 is 81.8 Å². The molecule has 260 valence electrons. The van der Waals surface area contributed by atoms with Crippen LogP contribution in [0.1, 0.15) is 59.0 Å². The normalized spacial score (nSPS) is 37.3. The third-order valence-corrected chi connectivity index (χ3v) is 14.4. The standard InChI is InChI=1S/C36H52O10Si/c1-22-26(29-30(33(37-7)40-22)45-36(5,6)44-29)42-34-31(46-47(8,9)35(2,3)4)28(38-20-23-16-12-10-13-17-23)27-25(41-34)21-39-32(43-27)24-18-14-11-15-19-24/h10-19,22,25-34H,20-21H2,1-9H3/t22-,25+,26-,27+,28-,29+,30+,31-,32+,33+,34+/m0/s1. The summed E-state index contributed by atoms with van der Waals surface area (Å²) in [7, 11) is -0.795. The summed E-state index contributed by atoms with van der Waals surface area (Å²) in [5, 5.41) is -0.0913. The number of hydrogen-bond donors (Lipinski definition) is 0. The molecule has 0 unspecified atom stereocenters. The van der Waals surface area contributed by atoms with Crippen LogP contribution in [0.5, 0.6) is 0 Å². The van der Waals surface area contributed by atoms with Crippen molar-refractivity contribution in [3.05, 3.63) is 71.8 Å². The maximum Gasteiger partial charge on any atom is 0.192 e. The molecule has 11 heteroatoms. The van der Waals surface area contributed by atoms with E-state index in [9.17, 15) is 0 Å². The van der Waals surface area contributed by atoms with Gasteiger partial charge in [0, 0.05) is 12.7 Å². The van der Waals surface area contributed by atoms with Gasteiger partial charge in [-0.1, -0.05) is 81.4 Å². The molecule has 4 saturated heterocycles. The lowest BCUT2D eigenvalue weighted by molar-refractivity contribution is -0.381. The van der Waals surface area contributed by atoms with E-state index in [2.05, 4.69) is 46.0 Å². The highest BCUT2D eigenvalue weighted by Gasteiger charge is 2.59. The summed E-state index contributed by atoms with van der Waals surface area (Å²) in [6.45, 7) is 17.5. The van der Waals surface area contributed by atoms with Crippen molar-refractivity contribution in [2.75, 3.05) is 13.7 Å². The molecule has 0 saturated carbocycles. The molecule has 2 aromatic carbocycles. The van der Waals surface area contributed by atoms with Crippen LogP contribution in [0.15, 0.2) is 60.7 Å². The Kier molecular flexibility index (Phi) is 10.4. The van der Waals surface area contributed by atoms with E-state index in [1.165, 1.54) is 0 Å². The van der Waals surface area contributed by atoms with E-state index in [1.54, 1.807) is 7.11 Å².